The third kappa shape index (κ3) is 4.92. The summed E-state index contributed by atoms with van der Waals surface area (Å²) in [6.45, 7) is 3.03. The van der Waals surface area contributed by atoms with Crippen LogP contribution in [-0.2, 0) is 0 Å². The van der Waals surface area contributed by atoms with Crippen molar-refractivity contribution in [2.24, 2.45) is 0 Å². The zero-order chi connectivity index (χ0) is 12.3. The van der Waals surface area contributed by atoms with Crippen LogP contribution < -0.4 is 5.32 Å². The minimum Gasteiger partial charge on any atom is -0.314 e. The van der Waals surface area contributed by atoms with Gasteiger partial charge in [-0.25, -0.2) is 4.39 Å². The number of hydrogen-bond donors (Lipinski definition) is 1. The highest BCUT2D eigenvalue weighted by atomic mass is 35.5. The number of halogens is 5. The minimum atomic E-state index is -0.429. The molecule has 1 aromatic carbocycles. The van der Waals surface area contributed by atoms with Gasteiger partial charge in [0.1, 0.15) is 6.67 Å². The fraction of sp³-hybridized carbons (Fsp3) is 0.500. The number of nitrogens with one attached hydrogen (secondary N) is 1. The van der Waals surface area contributed by atoms with E-state index in [0.29, 0.717) is 10.0 Å². The maximum Gasteiger partial charge on any atom is 0.109 e. The Morgan fingerprint density at radius 1 is 1.21 bits per heavy atom. The summed E-state index contributed by atoms with van der Waals surface area (Å²) in [7, 11) is 0. The topological polar surface area (TPSA) is 15.3 Å². The first-order valence-corrected chi connectivity index (χ1v) is 6.43. The molecule has 0 spiro atoms. The van der Waals surface area contributed by atoms with Gasteiger partial charge >= 0.3 is 0 Å². The number of hydrogen-bond acceptors (Lipinski definition) is 2. The second kappa shape index (κ2) is 9.22. The van der Waals surface area contributed by atoms with Gasteiger partial charge in [-0.2, -0.15) is 0 Å². The van der Waals surface area contributed by atoms with Crippen LogP contribution in [0.4, 0.5) is 4.39 Å². The molecule has 2 nitrogen and oxygen atoms in total. The van der Waals surface area contributed by atoms with E-state index >= 15 is 0 Å². The molecule has 1 N–H and O–H groups in total. The number of rotatable bonds is 3. The molecule has 0 amide bonds. The van der Waals surface area contributed by atoms with E-state index in [4.69, 9.17) is 23.2 Å². The van der Waals surface area contributed by atoms with Crippen LogP contribution in [0, 0.1) is 0 Å². The fourth-order valence-electron chi connectivity index (χ4n) is 2.14. The van der Waals surface area contributed by atoms with E-state index in [9.17, 15) is 4.39 Å². The number of piperazine rings is 1. The summed E-state index contributed by atoms with van der Waals surface area (Å²) >= 11 is 12.0. The van der Waals surface area contributed by atoms with E-state index in [1.165, 1.54) is 0 Å². The summed E-state index contributed by atoms with van der Waals surface area (Å²) in [4.78, 5) is 2.12. The highest BCUT2D eigenvalue weighted by molar-refractivity contribution is 6.35. The van der Waals surface area contributed by atoms with Crippen LogP contribution in [0.3, 0.4) is 0 Å². The Morgan fingerprint density at radius 2 is 1.84 bits per heavy atom. The van der Waals surface area contributed by atoms with E-state index in [1.54, 1.807) is 12.1 Å². The van der Waals surface area contributed by atoms with E-state index in [-0.39, 0.29) is 30.9 Å². The molecule has 110 valence electrons. The quantitative estimate of drug-likeness (QED) is 0.893. The molecule has 1 fully saturated rings. The Bertz CT molecular complexity index is 386. The Kier molecular flexibility index (Phi) is 9.33. The minimum absolute atomic E-state index is 0. The van der Waals surface area contributed by atoms with Crippen molar-refractivity contribution >= 4 is 48.0 Å². The standard InChI is InChI=1S/C12H15Cl2FN2.2ClH/c13-9-1-2-10(11(14)7-9)12(8-15)17-5-3-16-4-6-17;;/h1-2,7,12,16H,3-6,8H2;2*1H/t12-;;/m1../s1. The smallest absolute Gasteiger partial charge is 0.109 e. The van der Waals surface area contributed by atoms with Crippen molar-refractivity contribution in [3.63, 3.8) is 0 Å². The average Bonchev–Trinajstić information content (AvgIpc) is 2.34. The first kappa shape index (κ1) is 19.2. The third-order valence-corrected chi connectivity index (χ3v) is 3.62. The molecule has 0 unspecified atom stereocenters. The van der Waals surface area contributed by atoms with Gasteiger partial charge in [-0.3, -0.25) is 4.90 Å². The molecule has 0 aliphatic carbocycles. The lowest BCUT2D eigenvalue weighted by molar-refractivity contribution is 0.147. The molecule has 1 atom stereocenters. The Morgan fingerprint density at radius 3 is 2.37 bits per heavy atom. The van der Waals surface area contributed by atoms with Crippen molar-refractivity contribution in [1.82, 2.24) is 10.2 Å². The van der Waals surface area contributed by atoms with Gasteiger partial charge in [-0.1, -0.05) is 29.3 Å². The molecular weight excluding hydrogens is 333 g/mol. The van der Waals surface area contributed by atoms with Crippen molar-refractivity contribution in [3.05, 3.63) is 33.8 Å². The monoisotopic (exact) mass is 348 g/mol. The Labute approximate surface area is 135 Å². The summed E-state index contributed by atoms with van der Waals surface area (Å²) in [5.41, 5.74) is 0.820. The summed E-state index contributed by atoms with van der Waals surface area (Å²) < 4.78 is 13.3. The molecule has 7 heteroatoms. The molecule has 0 saturated carbocycles. The van der Waals surface area contributed by atoms with Crippen LogP contribution in [0.2, 0.25) is 10.0 Å². The lowest BCUT2D eigenvalue weighted by atomic mass is 10.1. The van der Waals surface area contributed by atoms with E-state index in [1.807, 2.05) is 6.07 Å². The van der Waals surface area contributed by atoms with Crippen molar-refractivity contribution in [3.8, 4) is 0 Å². The number of alkyl halides is 1. The number of nitrogens with zero attached hydrogens (tertiary/aromatic N) is 1. The molecule has 1 heterocycles. The van der Waals surface area contributed by atoms with Gasteiger partial charge in [0, 0.05) is 36.2 Å². The van der Waals surface area contributed by atoms with E-state index < -0.39 is 6.67 Å². The van der Waals surface area contributed by atoms with Gasteiger partial charge in [-0.05, 0) is 17.7 Å². The SMILES string of the molecule is Cl.Cl.FC[C@H](c1ccc(Cl)cc1Cl)N1CCNCC1. The molecular formula is C12H17Cl4FN2. The highest BCUT2D eigenvalue weighted by Crippen LogP contribution is 2.30. The van der Waals surface area contributed by atoms with Crippen LogP contribution in [-0.4, -0.2) is 37.8 Å². The van der Waals surface area contributed by atoms with Crippen LogP contribution in [0.1, 0.15) is 11.6 Å². The Hall–Kier alpha value is 0.230. The maximum atomic E-state index is 13.3. The first-order valence-electron chi connectivity index (χ1n) is 5.68. The lowest BCUT2D eigenvalue weighted by Crippen LogP contribution is -2.45. The van der Waals surface area contributed by atoms with Gasteiger partial charge in [-0.15, -0.1) is 24.8 Å². The molecule has 1 aliphatic heterocycles. The molecule has 19 heavy (non-hydrogen) atoms. The first-order chi connectivity index (χ1) is 8.22. The van der Waals surface area contributed by atoms with Gasteiger partial charge in [0.25, 0.3) is 0 Å². The predicted molar refractivity (Wildman–Crippen MR) is 84.1 cm³/mol. The summed E-state index contributed by atoms with van der Waals surface area (Å²) in [6, 6.07) is 4.98. The van der Waals surface area contributed by atoms with Crippen LogP contribution in [0.25, 0.3) is 0 Å². The van der Waals surface area contributed by atoms with Gasteiger partial charge in [0.05, 0.1) is 6.04 Å². The lowest BCUT2D eigenvalue weighted by Gasteiger charge is -2.34. The van der Waals surface area contributed by atoms with Crippen LogP contribution >= 0.6 is 48.0 Å². The van der Waals surface area contributed by atoms with Gasteiger partial charge in [0.2, 0.25) is 0 Å². The third-order valence-electron chi connectivity index (χ3n) is 3.06. The number of benzene rings is 1. The molecule has 1 aliphatic rings. The maximum absolute atomic E-state index is 13.3. The van der Waals surface area contributed by atoms with Crippen molar-refractivity contribution in [1.29, 1.82) is 0 Å². The van der Waals surface area contributed by atoms with Crippen molar-refractivity contribution < 1.29 is 4.39 Å². The zero-order valence-electron chi connectivity index (χ0n) is 10.2. The van der Waals surface area contributed by atoms with Crippen LogP contribution in [0.15, 0.2) is 18.2 Å². The average molecular weight is 350 g/mol. The Balaban J connectivity index is 0.00000162. The molecule has 0 radical (unpaired) electrons. The zero-order valence-corrected chi connectivity index (χ0v) is 13.4. The second-order valence-corrected chi connectivity index (χ2v) is 4.97. The molecule has 1 saturated heterocycles. The highest BCUT2D eigenvalue weighted by Gasteiger charge is 2.23. The normalized spacial score (nSPS) is 17.2. The van der Waals surface area contributed by atoms with Crippen molar-refractivity contribution in [2.75, 3.05) is 32.9 Å². The second-order valence-electron chi connectivity index (χ2n) is 4.12. The largest absolute Gasteiger partial charge is 0.314 e. The summed E-state index contributed by atoms with van der Waals surface area (Å²) in [5.74, 6) is 0. The molecule has 2 rings (SSSR count). The van der Waals surface area contributed by atoms with Crippen LogP contribution in [0.5, 0.6) is 0 Å². The fourth-order valence-corrected chi connectivity index (χ4v) is 2.68. The van der Waals surface area contributed by atoms with Gasteiger partial charge in [0.15, 0.2) is 0 Å². The van der Waals surface area contributed by atoms with Crippen molar-refractivity contribution in [2.45, 2.75) is 6.04 Å². The molecule has 0 aromatic heterocycles. The predicted octanol–water partition coefficient (Wildman–Crippen LogP) is 3.75. The van der Waals surface area contributed by atoms with E-state index in [2.05, 4.69) is 10.2 Å². The molecule has 1 aromatic rings. The van der Waals surface area contributed by atoms with Gasteiger partial charge < -0.3 is 5.32 Å². The van der Waals surface area contributed by atoms with E-state index in [0.717, 1.165) is 31.7 Å². The summed E-state index contributed by atoms with van der Waals surface area (Å²) in [6.07, 6.45) is 0. The molecule has 0 bridgehead atoms. The summed E-state index contributed by atoms with van der Waals surface area (Å²) in [5, 5.41) is 4.37.